The van der Waals surface area contributed by atoms with Crippen molar-refractivity contribution >= 4 is 5.69 Å². The van der Waals surface area contributed by atoms with Gasteiger partial charge in [-0.1, -0.05) is 13.8 Å². The maximum atomic E-state index is 13.1. The lowest BCUT2D eigenvalue weighted by Crippen LogP contribution is -2.28. The van der Waals surface area contributed by atoms with Gasteiger partial charge in [-0.3, -0.25) is 0 Å². The summed E-state index contributed by atoms with van der Waals surface area (Å²) in [5.74, 6) is -2.27. The van der Waals surface area contributed by atoms with Gasteiger partial charge >= 0.3 is 0 Å². The van der Waals surface area contributed by atoms with Crippen LogP contribution in [-0.2, 0) is 0 Å². The Balaban J connectivity index is 1.96. The van der Waals surface area contributed by atoms with E-state index < -0.39 is 17.5 Å². The van der Waals surface area contributed by atoms with Gasteiger partial charge in [0, 0.05) is 23.9 Å². The minimum absolute atomic E-state index is 0.222. The molecule has 4 heteroatoms. The molecule has 0 bridgehead atoms. The fraction of sp³-hybridized carbons (Fsp3) is 0.600. The van der Waals surface area contributed by atoms with Crippen molar-refractivity contribution in [2.75, 3.05) is 5.32 Å². The van der Waals surface area contributed by atoms with Gasteiger partial charge in [-0.15, -0.1) is 0 Å². The topological polar surface area (TPSA) is 12.0 Å². The Morgan fingerprint density at radius 2 is 1.53 bits per heavy atom. The Bertz CT molecular complexity index is 414. The first kappa shape index (κ1) is 14.2. The van der Waals surface area contributed by atoms with Crippen molar-refractivity contribution in [1.29, 1.82) is 0 Å². The van der Waals surface area contributed by atoms with E-state index in [0.717, 1.165) is 43.7 Å². The number of anilines is 1. The van der Waals surface area contributed by atoms with Gasteiger partial charge in [0.1, 0.15) is 0 Å². The largest absolute Gasteiger partial charge is 0.382 e. The van der Waals surface area contributed by atoms with Crippen molar-refractivity contribution in [2.24, 2.45) is 11.8 Å². The first-order chi connectivity index (χ1) is 8.97. The quantitative estimate of drug-likeness (QED) is 0.784. The van der Waals surface area contributed by atoms with E-state index in [0.29, 0.717) is 11.6 Å². The molecule has 0 heterocycles. The van der Waals surface area contributed by atoms with Crippen LogP contribution in [0.2, 0.25) is 0 Å². The second kappa shape index (κ2) is 5.85. The molecule has 0 amide bonds. The smallest absolute Gasteiger partial charge is 0.194 e. The molecular formula is C15H20F3N. The highest BCUT2D eigenvalue weighted by molar-refractivity contribution is 5.45. The van der Waals surface area contributed by atoms with Crippen LogP contribution in [0.4, 0.5) is 18.9 Å². The Labute approximate surface area is 112 Å². The molecular weight excluding hydrogens is 251 g/mol. The van der Waals surface area contributed by atoms with Crippen molar-refractivity contribution in [3.8, 4) is 0 Å². The van der Waals surface area contributed by atoms with Crippen molar-refractivity contribution in [3.63, 3.8) is 0 Å². The Morgan fingerprint density at radius 1 is 1.00 bits per heavy atom. The molecule has 0 atom stereocenters. The zero-order chi connectivity index (χ0) is 14.0. The molecule has 1 aliphatic carbocycles. The van der Waals surface area contributed by atoms with Gasteiger partial charge < -0.3 is 5.32 Å². The molecule has 106 valence electrons. The first-order valence-electron chi connectivity index (χ1n) is 6.88. The van der Waals surface area contributed by atoms with Gasteiger partial charge in [0.25, 0.3) is 0 Å². The summed E-state index contributed by atoms with van der Waals surface area (Å²) in [5.41, 5.74) is 0.324. The molecule has 1 saturated carbocycles. The van der Waals surface area contributed by atoms with Gasteiger partial charge in [-0.2, -0.15) is 0 Å². The minimum atomic E-state index is -1.41. The summed E-state index contributed by atoms with van der Waals surface area (Å²) in [6.07, 6.45) is 4.23. The van der Waals surface area contributed by atoms with E-state index in [2.05, 4.69) is 19.2 Å². The summed E-state index contributed by atoms with van der Waals surface area (Å²) >= 11 is 0. The molecule has 1 nitrogen and oxygen atoms in total. The summed E-state index contributed by atoms with van der Waals surface area (Å²) in [6.45, 7) is 4.45. The van der Waals surface area contributed by atoms with Crippen LogP contribution in [0.3, 0.4) is 0 Å². The number of hydrogen-bond donors (Lipinski definition) is 1. The van der Waals surface area contributed by atoms with Crippen LogP contribution in [0.5, 0.6) is 0 Å². The highest BCUT2D eigenvalue weighted by Gasteiger charge is 2.23. The van der Waals surface area contributed by atoms with E-state index in [1.807, 2.05) is 0 Å². The molecule has 1 aromatic rings. The summed E-state index contributed by atoms with van der Waals surface area (Å²) in [6, 6.07) is 2.26. The van der Waals surface area contributed by atoms with E-state index in [9.17, 15) is 13.2 Å². The zero-order valence-corrected chi connectivity index (χ0v) is 11.3. The molecule has 1 fully saturated rings. The first-order valence-corrected chi connectivity index (χ1v) is 6.88. The maximum Gasteiger partial charge on any atom is 0.194 e. The highest BCUT2D eigenvalue weighted by Crippen LogP contribution is 2.31. The predicted molar refractivity (Wildman–Crippen MR) is 70.5 cm³/mol. The van der Waals surface area contributed by atoms with E-state index in [1.54, 1.807) is 0 Å². The fourth-order valence-electron chi connectivity index (χ4n) is 2.80. The normalized spacial score (nSPS) is 23.7. The molecule has 2 rings (SSSR count). The average molecular weight is 271 g/mol. The number of halogens is 3. The van der Waals surface area contributed by atoms with Crippen LogP contribution in [0.15, 0.2) is 12.1 Å². The maximum absolute atomic E-state index is 13.1. The van der Waals surface area contributed by atoms with Gasteiger partial charge in [-0.25, -0.2) is 13.2 Å². The van der Waals surface area contributed by atoms with Gasteiger partial charge in [0.2, 0.25) is 0 Å². The number of hydrogen-bond acceptors (Lipinski definition) is 1. The van der Waals surface area contributed by atoms with Gasteiger partial charge in [0.15, 0.2) is 17.5 Å². The van der Waals surface area contributed by atoms with Crippen LogP contribution in [0.25, 0.3) is 0 Å². The Morgan fingerprint density at radius 3 is 2.00 bits per heavy atom. The van der Waals surface area contributed by atoms with Crippen LogP contribution in [-0.4, -0.2) is 6.04 Å². The van der Waals surface area contributed by atoms with Crippen molar-refractivity contribution < 1.29 is 13.2 Å². The second-order valence-corrected chi connectivity index (χ2v) is 5.75. The van der Waals surface area contributed by atoms with Gasteiger partial charge in [-0.05, 0) is 37.5 Å². The van der Waals surface area contributed by atoms with E-state index in [4.69, 9.17) is 0 Å². The van der Waals surface area contributed by atoms with Crippen LogP contribution >= 0.6 is 0 Å². The summed E-state index contributed by atoms with van der Waals surface area (Å²) in [7, 11) is 0. The van der Waals surface area contributed by atoms with E-state index >= 15 is 0 Å². The van der Waals surface area contributed by atoms with Crippen LogP contribution in [0.1, 0.15) is 39.5 Å². The second-order valence-electron chi connectivity index (χ2n) is 5.75. The fourth-order valence-corrected chi connectivity index (χ4v) is 2.80. The third-order valence-electron chi connectivity index (χ3n) is 4.07. The molecule has 1 aliphatic rings. The van der Waals surface area contributed by atoms with Crippen molar-refractivity contribution in [2.45, 2.75) is 45.6 Å². The number of benzene rings is 1. The average Bonchev–Trinajstić information content (AvgIpc) is 2.36. The van der Waals surface area contributed by atoms with Crippen LogP contribution in [0, 0.1) is 29.3 Å². The molecule has 0 unspecified atom stereocenters. The molecule has 0 aliphatic heterocycles. The zero-order valence-electron chi connectivity index (χ0n) is 11.3. The van der Waals surface area contributed by atoms with Crippen LogP contribution < -0.4 is 5.32 Å². The standard InChI is InChI=1S/C15H20F3N/c1-9(2)10-3-5-11(6-4-10)19-12-7-13(16)15(18)14(17)8-12/h7-11,19H,3-6H2,1-2H3. The Kier molecular flexibility index (Phi) is 4.38. The molecule has 0 radical (unpaired) electrons. The van der Waals surface area contributed by atoms with Gasteiger partial charge in [0.05, 0.1) is 0 Å². The predicted octanol–water partition coefficient (Wildman–Crippen LogP) is 4.73. The monoisotopic (exact) mass is 271 g/mol. The summed E-state index contributed by atoms with van der Waals surface area (Å²) in [4.78, 5) is 0. The Hall–Kier alpha value is -1.19. The molecule has 1 N–H and O–H groups in total. The lowest BCUT2D eigenvalue weighted by Gasteiger charge is -2.31. The molecule has 1 aromatic carbocycles. The van der Waals surface area contributed by atoms with Crippen molar-refractivity contribution in [1.82, 2.24) is 0 Å². The van der Waals surface area contributed by atoms with E-state index in [-0.39, 0.29) is 6.04 Å². The minimum Gasteiger partial charge on any atom is -0.382 e. The summed E-state index contributed by atoms with van der Waals surface area (Å²) < 4.78 is 39.1. The van der Waals surface area contributed by atoms with E-state index in [1.165, 1.54) is 0 Å². The summed E-state index contributed by atoms with van der Waals surface area (Å²) in [5, 5.41) is 3.10. The third kappa shape index (κ3) is 3.43. The molecule has 0 spiro atoms. The van der Waals surface area contributed by atoms with Crippen molar-refractivity contribution in [3.05, 3.63) is 29.6 Å². The molecule has 0 aromatic heterocycles. The highest BCUT2D eigenvalue weighted by atomic mass is 19.2. The number of nitrogens with one attached hydrogen (secondary N) is 1. The third-order valence-corrected chi connectivity index (χ3v) is 4.07. The lowest BCUT2D eigenvalue weighted by atomic mass is 9.79. The lowest BCUT2D eigenvalue weighted by molar-refractivity contribution is 0.267. The SMILES string of the molecule is CC(C)C1CCC(Nc2cc(F)c(F)c(F)c2)CC1. The molecule has 0 saturated heterocycles. The number of rotatable bonds is 3. The molecule has 19 heavy (non-hydrogen) atoms.